The van der Waals surface area contributed by atoms with E-state index in [2.05, 4.69) is 42.3 Å². The van der Waals surface area contributed by atoms with Gasteiger partial charge in [0.25, 0.3) is 0 Å². The maximum Gasteiger partial charge on any atom is 0.0629 e. The molecule has 3 nitrogen and oxygen atoms in total. The van der Waals surface area contributed by atoms with Gasteiger partial charge in [-0.3, -0.25) is 4.68 Å². The molecular weight excluding hydrogens is 346 g/mol. The average Bonchev–Trinajstić information content (AvgIpc) is 2.69. The molecule has 0 bridgehead atoms. The van der Waals surface area contributed by atoms with E-state index < -0.39 is 0 Å². The summed E-state index contributed by atoms with van der Waals surface area (Å²) in [5.41, 5.74) is 2.32. The number of nitrogens with one attached hydrogen (secondary N) is 1. The van der Waals surface area contributed by atoms with Crippen molar-refractivity contribution in [1.82, 2.24) is 9.78 Å². The molecule has 0 fully saturated rings. The van der Waals surface area contributed by atoms with Crippen LogP contribution >= 0.6 is 31.9 Å². The Kier molecular flexibility index (Phi) is 4.23. The van der Waals surface area contributed by atoms with Crippen molar-refractivity contribution in [1.29, 1.82) is 0 Å². The molecule has 0 saturated carbocycles. The maximum atomic E-state index is 4.15. The third-order valence-corrected chi connectivity index (χ3v) is 3.89. The van der Waals surface area contributed by atoms with Crippen molar-refractivity contribution in [3.8, 4) is 0 Å². The first-order valence-corrected chi connectivity index (χ1v) is 6.92. The Bertz CT molecular complexity index is 488. The Morgan fingerprint density at radius 3 is 2.53 bits per heavy atom. The summed E-state index contributed by atoms with van der Waals surface area (Å²) in [7, 11) is 1.96. The fraction of sp³-hybridized carbons (Fsp3) is 0.250. The van der Waals surface area contributed by atoms with Crippen molar-refractivity contribution >= 4 is 37.5 Å². The van der Waals surface area contributed by atoms with Crippen LogP contribution in [-0.4, -0.2) is 16.3 Å². The minimum absolute atomic E-state index is 0.876. The molecule has 1 aromatic heterocycles. The highest BCUT2D eigenvalue weighted by atomic mass is 79.9. The second kappa shape index (κ2) is 5.69. The number of rotatable bonds is 4. The lowest BCUT2D eigenvalue weighted by molar-refractivity contribution is 0.711. The van der Waals surface area contributed by atoms with E-state index in [0.717, 1.165) is 27.6 Å². The average molecular weight is 359 g/mol. The van der Waals surface area contributed by atoms with Gasteiger partial charge in [-0.1, -0.05) is 6.07 Å². The number of anilines is 1. The lowest BCUT2D eigenvalue weighted by atomic mass is 10.3. The van der Waals surface area contributed by atoms with Crippen molar-refractivity contribution in [2.45, 2.75) is 6.42 Å². The van der Waals surface area contributed by atoms with Gasteiger partial charge >= 0.3 is 0 Å². The molecule has 1 aromatic carbocycles. The number of hydrogen-bond acceptors (Lipinski definition) is 2. The Balaban J connectivity index is 1.97. The van der Waals surface area contributed by atoms with Gasteiger partial charge in [-0.25, -0.2) is 0 Å². The summed E-state index contributed by atoms with van der Waals surface area (Å²) in [6.07, 6.45) is 2.77. The number of aryl methyl sites for hydroxylation is 1. The van der Waals surface area contributed by atoms with Gasteiger partial charge in [0, 0.05) is 40.8 Å². The topological polar surface area (TPSA) is 29.9 Å². The van der Waals surface area contributed by atoms with Crippen LogP contribution < -0.4 is 5.32 Å². The lowest BCUT2D eigenvalue weighted by Gasteiger charge is -2.10. The summed E-state index contributed by atoms with van der Waals surface area (Å²) in [4.78, 5) is 0. The van der Waals surface area contributed by atoms with Crippen molar-refractivity contribution in [3.05, 3.63) is 45.1 Å². The van der Waals surface area contributed by atoms with E-state index in [1.807, 2.05) is 42.2 Å². The highest BCUT2D eigenvalue weighted by molar-refractivity contribution is 9.11. The molecule has 0 aliphatic carbocycles. The summed E-state index contributed by atoms with van der Waals surface area (Å²) in [5.74, 6) is 0. The van der Waals surface area contributed by atoms with Crippen molar-refractivity contribution < 1.29 is 0 Å². The van der Waals surface area contributed by atoms with E-state index in [4.69, 9.17) is 0 Å². The van der Waals surface area contributed by atoms with Crippen molar-refractivity contribution in [2.24, 2.45) is 7.05 Å². The Morgan fingerprint density at radius 1 is 1.24 bits per heavy atom. The number of para-hydroxylation sites is 1. The van der Waals surface area contributed by atoms with Crippen LogP contribution in [0.1, 0.15) is 5.69 Å². The molecule has 0 unspecified atom stereocenters. The fourth-order valence-electron chi connectivity index (χ4n) is 1.63. The number of halogens is 2. The van der Waals surface area contributed by atoms with Crippen LogP contribution in [0.15, 0.2) is 39.4 Å². The van der Waals surface area contributed by atoms with Gasteiger partial charge in [0.15, 0.2) is 0 Å². The van der Waals surface area contributed by atoms with Gasteiger partial charge < -0.3 is 5.32 Å². The number of benzene rings is 1. The second-order valence-corrected chi connectivity index (χ2v) is 5.43. The molecule has 0 amide bonds. The van der Waals surface area contributed by atoms with Crippen molar-refractivity contribution in [3.63, 3.8) is 0 Å². The first-order chi connectivity index (χ1) is 8.18. The van der Waals surface area contributed by atoms with E-state index in [1.54, 1.807) is 0 Å². The normalized spacial score (nSPS) is 10.5. The molecule has 0 spiro atoms. The third kappa shape index (κ3) is 3.10. The van der Waals surface area contributed by atoms with Gasteiger partial charge in [0.1, 0.15) is 0 Å². The van der Waals surface area contributed by atoms with Crippen LogP contribution in [0.25, 0.3) is 0 Å². The van der Waals surface area contributed by atoms with Crippen molar-refractivity contribution in [2.75, 3.05) is 11.9 Å². The SMILES string of the molecule is Cn1nccc1CCNc1c(Br)cccc1Br. The zero-order valence-corrected chi connectivity index (χ0v) is 12.6. The fourth-order valence-corrected chi connectivity index (χ4v) is 2.91. The molecule has 5 heteroatoms. The molecular formula is C12H13Br2N3. The summed E-state index contributed by atoms with van der Waals surface area (Å²) in [6.45, 7) is 0.876. The van der Waals surface area contributed by atoms with E-state index in [1.165, 1.54) is 5.69 Å². The predicted octanol–water partition coefficient (Wildman–Crippen LogP) is 3.60. The van der Waals surface area contributed by atoms with Crippen LogP contribution in [0.3, 0.4) is 0 Å². The zero-order valence-electron chi connectivity index (χ0n) is 9.45. The number of hydrogen-bond donors (Lipinski definition) is 1. The minimum Gasteiger partial charge on any atom is -0.383 e. The predicted molar refractivity (Wildman–Crippen MR) is 77.2 cm³/mol. The smallest absolute Gasteiger partial charge is 0.0629 e. The van der Waals surface area contributed by atoms with Gasteiger partial charge in [0.2, 0.25) is 0 Å². The van der Waals surface area contributed by atoms with Gasteiger partial charge in [0.05, 0.1) is 5.69 Å². The molecule has 0 atom stereocenters. The van der Waals surface area contributed by atoms with Crippen LogP contribution in [-0.2, 0) is 13.5 Å². The summed E-state index contributed by atoms with van der Waals surface area (Å²) >= 11 is 7.06. The number of aromatic nitrogens is 2. The first-order valence-electron chi connectivity index (χ1n) is 5.33. The zero-order chi connectivity index (χ0) is 12.3. The summed E-state index contributed by atoms with van der Waals surface area (Å²) in [5, 5.41) is 7.56. The van der Waals surface area contributed by atoms with Crippen LogP contribution in [0.4, 0.5) is 5.69 Å². The quantitative estimate of drug-likeness (QED) is 0.904. The lowest BCUT2D eigenvalue weighted by Crippen LogP contribution is -2.09. The van der Waals surface area contributed by atoms with E-state index >= 15 is 0 Å². The Labute approximate surface area is 117 Å². The van der Waals surface area contributed by atoms with E-state index in [0.29, 0.717) is 0 Å². The van der Waals surface area contributed by atoms with E-state index in [-0.39, 0.29) is 0 Å². The molecule has 1 N–H and O–H groups in total. The summed E-state index contributed by atoms with van der Waals surface area (Å²) < 4.78 is 4.03. The maximum absolute atomic E-state index is 4.15. The molecule has 0 saturated heterocycles. The van der Waals surface area contributed by atoms with Crippen LogP contribution in [0.2, 0.25) is 0 Å². The summed E-state index contributed by atoms with van der Waals surface area (Å²) in [6, 6.07) is 8.09. The molecule has 1 heterocycles. The third-order valence-electron chi connectivity index (χ3n) is 2.57. The first kappa shape index (κ1) is 12.6. The van der Waals surface area contributed by atoms with Gasteiger partial charge in [-0.2, -0.15) is 5.10 Å². The standard InChI is InChI=1S/C12H13Br2N3/c1-17-9(6-8-16-17)5-7-15-12-10(13)3-2-4-11(12)14/h2-4,6,8,15H,5,7H2,1H3. The minimum atomic E-state index is 0.876. The Hall–Kier alpha value is -0.810. The molecule has 0 aliphatic rings. The largest absolute Gasteiger partial charge is 0.383 e. The molecule has 0 radical (unpaired) electrons. The Morgan fingerprint density at radius 2 is 1.94 bits per heavy atom. The molecule has 2 rings (SSSR count). The highest BCUT2D eigenvalue weighted by Gasteiger charge is 2.04. The van der Waals surface area contributed by atoms with Gasteiger partial charge in [-0.05, 0) is 50.1 Å². The molecule has 0 aliphatic heterocycles. The van der Waals surface area contributed by atoms with Crippen LogP contribution in [0, 0.1) is 0 Å². The van der Waals surface area contributed by atoms with Gasteiger partial charge in [-0.15, -0.1) is 0 Å². The van der Waals surface area contributed by atoms with E-state index in [9.17, 15) is 0 Å². The second-order valence-electron chi connectivity index (χ2n) is 3.72. The highest BCUT2D eigenvalue weighted by Crippen LogP contribution is 2.30. The molecule has 17 heavy (non-hydrogen) atoms. The van der Waals surface area contributed by atoms with Crippen LogP contribution in [0.5, 0.6) is 0 Å². The monoisotopic (exact) mass is 357 g/mol. The molecule has 90 valence electrons. The molecule has 2 aromatic rings. The number of nitrogens with zero attached hydrogens (tertiary/aromatic N) is 2.